The molecule has 2 heterocycles. The van der Waals surface area contributed by atoms with E-state index in [-0.39, 0.29) is 34.5 Å². The average Bonchev–Trinajstić information content (AvgIpc) is 2.68. The van der Waals surface area contributed by atoms with Crippen LogP contribution >= 0.6 is 0 Å². The molecule has 4 rings (SSSR count). The van der Waals surface area contributed by atoms with Crippen LogP contribution in [0, 0.1) is 5.41 Å². The Morgan fingerprint density at radius 2 is 1.97 bits per heavy atom. The molecule has 29 heavy (non-hydrogen) atoms. The molecule has 0 saturated heterocycles. The van der Waals surface area contributed by atoms with Gasteiger partial charge in [0.1, 0.15) is 17.0 Å². The lowest BCUT2D eigenvalue weighted by Gasteiger charge is -2.34. The summed E-state index contributed by atoms with van der Waals surface area (Å²) in [4.78, 5) is 29.4. The average molecular weight is 394 g/mol. The second-order valence-corrected chi connectivity index (χ2v) is 8.62. The summed E-state index contributed by atoms with van der Waals surface area (Å²) < 4.78 is 10.8. The first-order chi connectivity index (χ1) is 13.8. The van der Waals surface area contributed by atoms with Crippen molar-refractivity contribution >= 4 is 33.9 Å². The van der Waals surface area contributed by atoms with E-state index in [0.717, 1.165) is 18.4 Å². The van der Waals surface area contributed by atoms with Crippen LogP contribution in [-0.4, -0.2) is 17.6 Å². The van der Waals surface area contributed by atoms with E-state index in [9.17, 15) is 9.59 Å². The molecule has 1 aliphatic rings. The molecule has 0 unspecified atom stereocenters. The number of hydrogen-bond donors (Lipinski definition) is 1. The van der Waals surface area contributed by atoms with Gasteiger partial charge in [-0.25, -0.2) is 4.79 Å². The van der Waals surface area contributed by atoms with E-state index in [1.807, 2.05) is 18.2 Å². The van der Waals surface area contributed by atoms with Gasteiger partial charge in [-0.3, -0.25) is 4.79 Å². The van der Waals surface area contributed by atoms with Crippen molar-refractivity contribution in [2.45, 2.75) is 52.4 Å². The molecule has 0 spiro atoms. The molecule has 0 aliphatic heterocycles. The number of nitrogens with two attached hydrogens (primary N) is 1. The summed E-state index contributed by atoms with van der Waals surface area (Å²) in [6.45, 7) is 6.54. The topological polar surface area (TPSA) is 95.4 Å². The van der Waals surface area contributed by atoms with Gasteiger partial charge in [-0.15, -0.1) is 0 Å². The number of nitrogens with zero attached hydrogens (tertiary/aromatic N) is 1. The molecule has 1 saturated carbocycles. The molecular weight excluding hydrogens is 368 g/mol. The highest BCUT2D eigenvalue weighted by Crippen LogP contribution is 2.42. The predicted octanol–water partition coefficient (Wildman–Crippen LogP) is 4.78. The first-order valence-electron chi connectivity index (χ1n) is 10.1. The van der Waals surface area contributed by atoms with Crippen LogP contribution in [0.4, 0.5) is 5.82 Å². The van der Waals surface area contributed by atoms with Crippen LogP contribution in [0.2, 0.25) is 0 Å². The number of nitrogen functional groups attached to an aromatic ring is 1. The fraction of sp³-hybridized carbons (Fsp3) is 0.435. The number of esters is 1. The van der Waals surface area contributed by atoms with Gasteiger partial charge in [0.25, 0.3) is 0 Å². The summed E-state index contributed by atoms with van der Waals surface area (Å²) in [6, 6.07) is 7.24. The third-order valence-corrected chi connectivity index (χ3v) is 6.02. The molecule has 1 aliphatic carbocycles. The Hall–Kier alpha value is -2.89. The zero-order valence-corrected chi connectivity index (χ0v) is 17.1. The van der Waals surface area contributed by atoms with E-state index in [2.05, 4.69) is 18.8 Å². The fourth-order valence-corrected chi connectivity index (χ4v) is 4.17. The van der Waals surface area contributed by atoms with Crippen LogP contribution in [0.15, 0.2) is 33.5 Å². The third-order valence-electron chi connectivity index (χ3n) is 6.02. The Balaban J connectivity index is 1.81. The molecule has 152 valence electrons. The molecular formula is C23H26N2O4. The molecule has 0 radical (unpaired) electrons. The van der Waals surface area contributed by atoms with E-state index < -0.39 is 5.97 Å². The molecule has 6 nitrogen and oxygen atoms in total. The lowest BCUT2D eigenvalue weighted by molar-refractivity contribution is 0.0527. The van der Waals surface area contributed by atoms with Gasteiger partial charge in [-0.2, -0.15) is 4.98 Å². The van der Waals surface area contributed by atoms with E-state index >= 15 is 0 Å². The summed E-state index contributed by atoms with van der Waals surface area (Å²) in [5.41, 5.74) is 7.89. The zero-order valence-electron chi connectivity index (χ0n) is 17.1. The monoisotopic (exact) mass is 394 g/mol. The minimum absolute atomic E-state index is 0.0140. The minimum Gasteiger partial charge on any atom is -0.462 e. The molecule has 1 fully saturated rings. The van der Waals surface area contributed by atoms with E-state index in [1.54, 1.807) is 6.92 Å². The third kappa shape index (κ3) is 3.59. The maximum Gasteiger partial charge on any atom is 0.341 e. The molecule has 3 aromatic rings. The van der Waals surface area contributed by atoms with E-state index in [1.165, 1.54) is 18.9 Å². The quantitative estimate of drug-likeness (QED) is 0.507. The van der Waals surface area contributed by atoms with Crippen LogP contribution < -0.4 is 11.2 Å². The minimum atomic E-state index is -0.600. The lowest BCUT2D eigenvalue weighted by Crippen LogP contribution is -2.20. The number of fused-ring (bicyclic) bond motifs is 2. The number of aromatic nitrogens is 1. The Morgan fingerprint density at radius 1 is 1.24 bits per heavy atom. The number of benzene rings is 1. The Morgan fingerprint density at radius 3 is 2.66 bits per heavy atom. The van der Waals surface area contributed by atoms with Crippen molar-refractivity contribution in [3.8, 4) is 0 Å². The van der Waals surface area contributed by atoms with Crippen molar-refractivity contribution in [2.75, 3.05) is 12.3 Å². The first kappa shape index (κ1) is 19.4. The van der Waals surface area contributed by atoms with Gasteiger partial charge in [-0.05, 0) is 67.7 Å². The smallest absolute Gasteiger partial charge is 0.341 e. The number of hydrogen-bond acceptors (Lipinski definition) is 6. The van der Waals surface area contributed by atoms with Crippen molar-refractivity contribution in [1.29, 1.82) is 0 Å². The van der Waals surface area contributed by atoms with Gasteiger partial charge >= 0.3 is 5.97 Å². The van der Waals surface area contributed by atoms with Crippen LogP contribution in [0.25, 0.3) is 22.1 Å². The summed E-state index contributed by atoms with van der Waals surface area (Å²) in [5, 5.41) is 0.734. The van der Waals surface area contributed by atoms with Crippen LogP contribution in [0.3, 0.4) is 0 Å². The van der Waals surface area contributed by atoms with Gasteiger partial charge in [0.05, 0.1) is 17.4 Å². The second kappa shape index (κ2) is 7.17. The van der Waals surface area contributed by atoms with Gasteiger partial charge in [0.2, 0.25) is 11.1 Å². The molecule has 6 heteroatoms. The van der Waals surface area contributed by atoms with Crippen LogP contribution in [-0.2, 0) is 4.74 Å². The number of anilines is 1. The van der Waals surface area contributed by atoms with E-state index in [0.29, 0.717) is 22.3 Å². The molecule has 1 aromatic carbocycles. The number of rotatable bonds is 3. The molecule has 0 amide bonds. The second-order valence-electron chi connectivity index (χ2n) is 8.62. The highest BCUT2D eigenvalue weighted by atomic mass is 16.5. The number of ether oxygens (including phenoxy) is 1. The van der Waals surface area contributed by atoms with Crippen molar-refractivity contribution in [1.82, 2.24) is 4.98 Å². The van der Waals surface area contributed by atoms with Gasteiger partial charge in [0.15, 0.2) is 0 Å². The number of carbonyl (C=O) groups is 1. The summed E-state index contributed by atoms with van der Waals surface area (Å²) >= 11 is 0. The maximum absolute atomic E-state index is 13.2. The van der Waals surface area contributed by atoms with Crippen molar-refractivity contribution < 1.29 is 13.9 Å². The molecule has 2 aromatic heterocycles. The highest BCUT2D eigenvalue weighted by Gasteiger charge is 2.28. The summed E-state index contributed by atoms with van der Waals surface area (Å²) in [6.07, 6.45) is 4.58. The Labute approximate surface area is 169 Å². The van der Waals surface area contributed by atoms with Crippen molar-refractivity contribution in [3.63, 3.8) is 0 Å². The van der Waals surface area contributed by atoms with Crippen molar-refractivity contribution in [2.24, 2.45) is 5.41 Å². The highest BCUT2D eigenvalue weighted by molar-refractivity contribution is 5.99. The van der Waals surface area contributed by atoms with Crippen LogP contribution in [0.1, 0.15) is 68.3 Å². The van der Waals surface area contributed by atoms with Crippen LogP contribution in [0.5, 0.6) is 0 Å². The molecule has 0 bridgehead atoms. The standard InChI is InChI=1S/C23H26N2O4/c1-4-28-22(27)17-12-16-19(26)15-11-14(13-7-9-23(2,3)10-8-13)5-6-18(15)29-21(16)25-20(17)24/h5-6,11-13H,4,7-10H2,1-3H3,(H2,24,25). The lowest BCUT2D eigenvalue weighted by atomic mass is 9.71. The summed E-state index contributed by atoms with van der Waals surface area (Å²) in [5.74, 6) is -0.167. The van der Waals surface area contributed by atoms with E-state index in [4.69, 9.17) is 14.9 Å². The zero-order chi connectivity index (χ0) is 20.8. The van der Waals surface area contributed by atoms with Gasteiger partial charge in [0, 0.05) is 0 Å². The largest absolute Gasteiger partial charge is 0.462 e. The SMILES string of the molecule is CCOC(=O)c1cc2c(=O)c3cc(C4CCC(C)(C)CC4)ccc3oc2nc1N. The fourth-order valence-electron chi connectivity index (χ4n) is 4.17. The summed E-state index contributed by atoms with van der Waals surface area (Å²) in [7, 11) is 0. The number of carbonyl (C=O) groups excluding carboxylic acids is 1. The van der Waals surface area contributed by atoms with Crippen molar-refractivity contribution in [3.05, 3.63) is 45.6 Å². The predicted molar refractivity (Wildman–Crippen MR) is 113 cm³/mol. The molecule has 0 atom stereocenters. The van der Waals surface area contributed by atoms with Gasteiger partial charge in [-0.1, -0.05) is 19.9 Å². The Bertz CT molecular complexity index is 1150. The maximum atomic E-state index is 13.2. The first-order valence-corrected chi connectivity index (χ1v) is 10.1. The molecule has 2 N–H and O–H groups in total. The van der Waals surface area contributed by atoms with Gasteiger partial charge < -0.3 is 14.9 Å². The Kier molecular flexibility index (Phi) is 4.81. The normalized spacial score (nSPS) is 16.9. The number of pyridine rings is 1.